The number of carbonyl (C=O) groups excluding carboxylic acids is 2. The molecular weight excluding hydrogens is 271 g/mol. The van der Waals surface area contributed by atoms with Gasteiger partial charge in [0.15, 0.2) is 0 Å². The molecule has 110 valence electrons. The first-order chi connectivity index (χ1) is 10.1. The van der Waals surface area contributed by atoms with Gasteiger partial charge < -0.3 is 0 Å². The summed E-state index contributed by atoms with van der Waals surface area (Å²) in [5.74, 6) is -0.948. The van der Waals surface area contributed by atoms with Crippen LogP contribution in [-0.2, 0) is 9.59 Å². The van der Waals surface area contributed by atoms with Gasteiger partial charge in [-0.05, 0) is 37.1 Å². The van der Waals surface area contributed by atoms with Crippen LogP contribution < -0.4 is 0 Å². The lowest BCUT2D eigenvalue weighted by molar-refractivity contribution is -0.139. The van der Waals surface area contributed by atoms with E-state index in [4.69, 9.17) is 0 Å². The second-order valence-electron chi connectivity index (χ2n) is 6.23. The fraction of sp³-hybridized carbons (Fsp3) is 0.500. The van der Waals surface area contributed by atoms with Gasteiger partial charge in [-0.3, -0.25) is 19.4 Å². The molecule has 3 fully saturated rings. The van der Waals surface area contributed by atoms with Crippen LogP contribution in [0, 0.1) is 17.7 Å². The Morgan fingerprint density at radius 2 is 1.76 bits per heavy atom. The van der Waals surface area contributed by atoms with Crippen molar-refractivity contribution < 1.29 is 14.0 Å². The minimum Gasteiger partial charge on any atom is -0.292 e. The first-order valence-electron chi connectivity index (χ1n) is 7.42. The van der Waals surface area contributed by atoms with E-state index in [0.29, 0.717) is 0 Å². The van der Waals surface area contributed by atoms with Crippen LogP contribution in [0.2, 0.25) is 0 Å². The SMILES string of the molecule is CN1C(=O)[C@@H]2[C@H](C1=O)[C@@H]1CCCN1[C@@H]2c1ccc(F)cc1. The summed E-state index contributed by atoms with van der Waals surface area (Å²) in [5, 5.41) is 0. The molecule has 0 radical (unpaired) electrons. The van der Waals surface area contributed by atoms with Crippen LogP contribution in [0.3, 0.4) is 0 Å². The van der Waals surface area contributed by atoms with E-state index in [1.165, 1.54) is 17.0 Å². The van der Waals surface area contributed by atoms with Crippen LogP contribution in [-0.4, -0.2) is 41.2 Å². The van der Waals surface area contributed by atoms with Gasteiger partial charge in [0.05, 0.1) is 11.8 Å². The summed E-state index contributed by atoms with van der Waals surface area (Å²) in [6.07, 6.45) is 2.02. The van der Waals surface area contributed by atoms with E-state index in [2.05, 4.69) is 4.90 Å². The molecule has 0 unspecified atom stereocenters. The Balaban J connectivity index is 1.80. The van der Waals surface area contributed by atoms with Crippen molar-refractivity contribution in [2.45, 2.75) is 24.9 Å². The highest BCUT2D eigenvalue weighted by molar-refractivity contribution is 6.06. The molecular formula is C16H17FN2O2. The van der Waals surface area contributed by atoms with Gasteiger partial charge in [0, 0.05) is 19.1 Å². The molecule has 3 aliphatic heterocycles. The number of imide groups is 1. The van der Waals surface area contributed by atoms with Crippen LogP contribution in [0.25, 0.3) is 0 Å². The molecule has 3 heterocycles. The highest BCUT2D eigenvalue weighted by atomic mass is 19.1. The van der Waals surface area contributed by atoms with Gasteiger partial charge in [-0.25, -0.2) is 4.39 Å². The highest BCUT2D eigenvalue weighted by Gasteiger charge is 2.62. The monoisotopic (exact) mass is 288 g/mol. The predicted molar refractivity (Wildman–Crippen MR) is 73.6 cm³/mol. The second-order valence-corrected chi connectivity index (χ2v) is 6.23. The lowest BCUT2D eigenvalue weighted by Gasteiger charge is -2.28. The molecule has 1 aromatic carbocycles. The van der Waals surface area contributed by atoms with Gasteiger partial charge in [0.25, 0.3) is 0 Å². The van der Waals surface area contributed by atoms with E-state index in [0.717, 1.165) is 24.9 Å². The quantitative estimate of drug-likeness (QED) is 0.737. The number of amides is 2. The van der Waals surface area contributed by atoms with Crippen LogP contribution in [0.4, 0.5) is 4.39 Å². The van der Waals surface area contributed by atoms with Crippen molar-refractivity contribution in [1.82, 2.24) is 9.80 Å². The summed E-state index contributed by atoms with van der Waals surface area (Å²) >= 11 is 0. The van der Waals surface area contributed by atoms with Crippen molar-refractivity contribution in [3.63, 3.8) is 0 Å². The number of rotatable bonds is 1. The number of nitrogens with zero attached hydrogens (tertiary/aromatic N) is 2. The molecule has 0 aromatic heterocycles. The maximum Gasteiger partial charge on any atom is 0.234 e. The Hall–Kier alpha value is -1.75. The number of likely N-dealkylation sites (tertiary alicyclic amines) is 1. The van der Waals surface area contributed by atoms with Crippen molar-refractivity contribution in [2.24, 2.45) is 11.8 Å². The molecule has 3 aliphatic rings. The summed E-state index contributed by atoms with van der Waals surface area (Å²) in [6, 6.07) is 6.41. The lowest BCUT2D eigenvalue weighted by atomic mass is 9.85. The van der Waals surface area contributed by atoms with Crippen LogP contribution in [0.15, 0.2) is 24.3 Å². The van der Waals surface area contributed by atoms with E-state index in [-0.39, 0.29) is 41.6 Å². The van der Waals surface area contributed by atoms with E-state index >= 15 is 0 Å². The minimum atomic E-state index is -0.307. The first kappa shape index (κ1) is 13.0. The van der Waals surface area contributed by atoms with Crippen LogP contribution in [0.5, 0.6) is 0 Å². The van der Waals surface area contributed by atoms with E-state index in [9.17, 15) is 14.0 Å². The Morgan fingerprint density at radius 1 is 1.10 bits per heavy atom. The lowest BCUT2D eigenvalue weighted by Crippen LogP contribution is -2.37. The van der Waals surface area contributed by atoms with Crippen molar-refractivity contribution in [2.75, 3.05) is 13.6 Å². The van der Waals surface area contributed by atoms with Gasteiger partial charge in [-0.15, -0.1) is 0 Å². The predicted octanol–water partition coefficient (Wildman–Crippen LogP) is 1.58. The van der Waals surface area contributed by atoms with E-state index in [1.54, 1.807) is 19.2 Å². The first-order valence-corrected chi connectivity index (χ1v) is 7.42. The summed E-state index contributed by atoms with van der Waals surface area (Å²) in [4.78, 5) is 28.4. The third-order valence-corrected chi connectivity index (χ3v) is 5.28. The third kappa shape index (κ3) is 1.64. The molecule has 21 heavy (non-hydrogen) atoms. The number of fused-ring (bicyclic) bond motifs is 3. The smallest absolute Gasteiger partial charge is 0.234 e. The summed E-state index contributed by atoms with van der Waals surface area (Å²) < 4.78 is 13.2. The average Bonchev–Trinajstić information content (AvgIpc) is 3.10. The molecule has 2 amide bonds. The molecule has 0 spiro atoms. The van der Waals surface area contributed by atoms with E-state index < -0.39 is 0 Å². The Bertz CT molecular complexity index is 615. The third-order valence-electron chi connectivity index (χ3n) is 5.28. The normalized spacial score (nSPS) is 35.4. The van der Waals surface area contributed by atoms with E-state index in [1.807, 2.05) is 0 Å². The van der Waals surface area contributed by atoms with Gasteiger partial charge in [-0.1, -0.05) is 12.1 Å². The molecule has 4 nitrogen and oxygen atoms in total. The number of carbonyl (C=O) groups is 2. The molecule has 0 aliphatic carbocycles. The highest BCUT2D eigenvalue weighted by Crippen LogP contribution is 2.52. The van der Waals surface area contributed by atoms with Gasteiger partial charge in [-0.2, -0.15) is 0 Å². The number of halogens is 1. The van der Waals surface area contributed by atoms with Crippen LogP contribution >= 0.6 is 0 Å². The van der Waals surface area contributed by atoms with Crippen molar-refractivity contribution in [3.05, 3.63) is 35.6 Å². The fourth-order valence-corrected chi connectivity index (χ4v) is 4.41. The largest absolute Gasteiger partial charge is 0.292 e. The average molecular weight is 288 g/mol. The molecule has 0 N–H and O–H groups in total. The maximum atomic E-state index is 13.2. The van der Waals surface area contributed by atoms with Crippen molar-refractivity contribution >= 4 is 11.8 Å². The Morgan fingerprint density at radius 3 is 2.48 bits per heavy atom. The fourth-order valence-electron chi connectivity index (χ4n) is 4.41. The number of hydrogen-bond donors (Lipinski definition) is 0. The Labute approximate surface area is 122 Å². The maximum absolute atomic E-state index is 13.2. The molecule has 5 heteroatoms. The summed E-state index contributed by atoms with van der Waals surface area (Å²) in [5.41, 5.74) is 0.937. The second kappa shape index (κ2) is 4.37. The summed E-state index contributed by atoms with van der Waals surface area (Å²) in [7, 11) is 1.57. The van der Waals surface area contributed by atoms with Gasteiger partial charge in [0.1, 0.15) is 5.82 Å². The molecule has 4 rings (SSSR count). The van der Waals surface area contributed by atoms with Crippen molar-refractivity contribution in [1.29, 1.82) is 0 Å². The zero-order chi connectivity index (χ0) is 14.7. The molecule has 1 aromatic rings. The molecule has 4 atom stereocenters. The summed E-state index contributed by atoms with van der Waals surface area (Å²) in [6.45, 7) is 0.907. The van der Waals surface area contributed by atoms with Crippen molar-refractivity contribution in [3.8, 4) is 0 Å². The molecule has 0 bridgehead atoms. The number of hydrogen-bond acceptors (Lipinski definition) is 3. The minimum absolute atomic E-state index is 0.0495. The van der Waals surface area contributed by atoms with Gasteiger partial charge in [0.2, 0.25) is 11.8 Å². The Kier molecular flexibility index (Phi) is 2.70. The van der Waals surface area contributed by atoms with Gasteiger partial charge >= 0.3 is 0 Å². The molecule has 3 saturated heterocycles. The molecule has 0 saturated carbocycles. The standard InChI is InChI=1S/C16H17FN2O2/c1-18-15(20)12-11-3-2-8-19(11)14(13(12)16(18)21)9-4-6-10(17)7-5-9/h4-7,11-14H,2-3,8H2,1H3/t11-,12+,13+,14+/m0/s1. The van der Waals surface area contributed by atoms with Crippen LogP contribution in [0.1, 0.15) is 24.4 Å². The zero-order valence-electron chi connectivity index (χ0n) is 11.8. The topological polar surface area (TPSA) is 40.6 Å². The number of benzene rings is 1. The zero-order valence-corrected chi connectivity index (χ0v) is 11.8.